The molecule has 0 aliphatic carbocycles. The Labute approximate surface area is 252 Å². The molecule has 0 heterocycles. The van der Waals surface area contributed by atoms with Crippen molar-refractivity contribution in [3.63, 3.8) is 0 Å². The Morgan fingerprint density at radius 3 is 2.26 bits per heavy atom. The van der Waals surface area contributed by atoms with Crippen LogP contribution in [0.2, 0.25) is 0 Å². The topological polar surface area (TPSA) is 134 Å². The van der Waals surface area contributed by atoms with Crippen molar-refractivity contribution < 1.29 is 32.9 Å². The maximum Gasteiger partial charge on any atom is 0.335 e. The Kier molecular flexibility index (Phi) is 10.8. The Hall–Kier alpha value is -4.38. The molecule has 1 atom stereocenters. The molecular weight excluding hydrogens is 568 g/mol. The zero-order valence-electron chi connectivity index (χ0n) is 24.1. The number of sulfonamides is 1. The van der Waals surface area contributed by atoms with Gasteiger partial charge in [0.2, 0.25) is 10.0 Å². The summed E-state index contributed by atoms with van der Waals surface area (Å²) in [6.45, 7) is 3.40. The smallest absolute Gasteiger partial charge is 0.335 e. The number of aliphatic hydroxyl groups is 1. The minimum atomic E-state index is -3.57. The summed E-state index contributed by atoms with van der Waals surface area (Å²) in [4.78, 5) is 11.1. The number of aryl methyl sites for hydroxylation is 1. The molecule has 0 bridgehead atoms. The molecule has 0 saturated carbocycles. The highest BCUT2D eigenvalue weighted by Crippen LogP contribution is 2.30. The Bertz CT molecular complexity index is 1630. The second-order valence-electron chi connectivity index (χ2n) is 10.0. The maximum atomic E-state index is 12.0. The first kappa shape index (κ1) is 31.6. The number of aromatic carboxylic acids is 1. The number of anilines is 1. The number of nitrogens with one attached hydrogen (secondary N) is 2. The van der Waals surface area contributed by atoms with E-state index in [0.29, 0.717) is 24.5 Å². The van der Waals surface area contributed by atoms with Gasteiger partial charge >= 0.3 is 5.97 Å². The lowest BCUT2D eigenvalue weighted by molar-refractivity contribution is 0.0697. The third-order valence-corrected chi connectivity index (χ3v) is 7.29. The predicted molar refractivity (Wildman–Crippen MR) is 167 cm³/mol. The van der Waals surface area contributed by atoms with Gasteiger partial charge in [-0.2, -0.15) is 0 Å². The van der Waals surface area contributed by atoms with Crippen molar-refractivity contribution in [3.8, 4) is 22.6 Å². The molecule has 4 rings (SSSR count). The molecule has 0 aliphatic heterocycles. The van der Waals surface area contributed by atoms with E-state index in [-0.39, 0.29) is 24.4 Å². The Balaban J connectivity index is 1.31. The average molecular weight is 605 g/mol. The number of carboxylic acid groups (broad SMARTS) is 1. The monoisotopic (exact) mass is 604 g/mol. The lowest BCUT2D eigenvalue weighted by Crippen LogP contribution is -2.26. The van der Waals surface area contributed by atoms with Crippen molar-refractivity contribution in [1.82, 2.24) is 5.32 Å². The van der Waals surface area contributed by atoms with Crippen LogP contribution in [0.4, 0.5) is 5.69 Å². The largest absolute Gasteiger partial charge is 0.492 e. The fourth-order valence-electron chi connectivity index (χ4n) is 4.47. The molecule has 0 aromatic heterocycles. The highest BCUT2D eigenvalue weighted by Gasteiger charge is 2.15. The number of carbonyl (C=O) groups is 1. The van der Waals surface area contributed by atoms with Gasteiger partial charge in [0.05, 0.1) is 23.6 Å². The van der Waals surface area contributed by atoms with Crippen LogP contribution in [-0.2, 0) is 23.1 Å². The summed E-state index contributed by atoms with van der Waals surface area (Å²) in [6, 6.07) is 27.1. The molecule has 10 heteroatoms. The Morgan fingerprint density at radius 1 is 0.884 bits per heavy atom. The summed E-state index contributed by atoms with van der Waals surface area (Å²) >= 11 is 0. The lowest BCUT2D eigenvalue weighted by atomic mass is 10.00. The normalized spacial score (nSPS) is 12.0. The van der Waals surface area contributed by atoms with Gasteiger partial charge in [0, 0.05) is 13.1 Å². The highest BCUT2D eigenvalue weighted by molar-refractivity contribution is 7.92. The van der Waals surface area contributed by atoms with Gasteiger partial charge in [-0.15, -0.1) is 0 Å². The van der Waals surface area contributed by atoms with E-state index >= 15 is 0 Å². The molecule has 0 spiro atoms. The van der Waals surface area contributed by atoms with E-state index in [2.05, 4.69) is 10.0 Å². The summed E-state index contributed by atoms with van der Waals surface area (Å²) in [7, 11) is -3.57. The predicted octanol–water partition coefficient (Wildman–Crippen LogP) is 5.27. The summed E-state index contributed by atoms with van der Waals surface area (Å²) in [6.07, 6.45) is 0.938. The minimum Gasteiger partial charge on any atom is -0.492 e. The fraction of sp³-hybridized carbons (Fsp3) is 0.242. The van der Waals surface area contributed by atoms with Crippen LogP contribution in [0.1, 0.15) is 40.1 Å². The lowest BCUT2D eigenvalue weighted by Gasteiger charge is -2.17. The van der Waals surface area contributed by atoms with Crippen LogP contribution >= 0.6 is 0 Å². The second kappa shape index (κ2) is 14.7. The number of ether oxygens (including phenoxy) is 2. The van der Waals surface area contributed by atoms with Crippen LogP contribution < -0.4 is 19.5 Å². The molecule has 4 aromatic rings. The van der Waals surface area contributed by atoms with Crippen molar-refractivity contribution in [2.45, 2.75) is 26.1 Å². The van der Waals surface area contributed by atoms with Crippen LogP contribution in [0.5, 0.6) is 11.5 Å². The van der Waals surface area contributed by atoms with E-state index in [1.165, 1.54) is 0 Å². The van der Waals surface area contributed by atoms with Crippen LogP contribution in [0, 0.1) is 0 Å². The first-order chi connectivity index (χ1) is 20.6. The van der Waals surface area contributed by atoms with Gasteiger partial charge in [-0.1, -0.05) is 61.5 Å². The number of rotatable bonds is 15. The van der Waals surface area contributed by atoms with Crippen LogP contribution in [0.25, 0.3) is 11.1 Å². The van der Waals surface area contributed by atoms with Crippen molar-refractivity contribution in [2.24, 2.45) is 0 Å². The number of hydrogen-bond acceptors (Lipinski definition) is 7. The fourth-order valence-corrected chi connectivity index (χ4v) is 5.03. The van der Waals surface area contributed by atoms with E-state index in [0.717, 1.165) is 40.7 Å². The Morgan fingerprint density at radius 2 is 1.58 bits per heavy atom. The van der Waals surface area contributed by atoms with Gasteiger partial charge in [0.15, 0.2) is 0 Å². The molecule has 4 aromatic carbocycles. The number of hydrogen-bond donors (Lipinski definition) is 4. The van der Waals surface area contributed by atoms with Gasteiger partial charge < -0.3 is 25.0 Å². The van der Waals surface area contributed by atoms with Gasteiger partial charge in [0.1, 0.15) is 24.7 Å². The van der Waals surface area contributed by atoms with Crippen molar-refractivity contribution in [1.29, 1.82) is 0 Å². The van der Waals surface area contributed by atoms with E-state index < -0.39 is 22.1 Å². The quantitative estimate of drug-likeness (QED) is 0.135. The molecule has 0 radical (unpaired) electrons. The zero-order chi connectivity index (χ0) is 30.8. The number of benzene rings is 4. The van der Waals surface area contributed by atoms with Crippen molar-refractivity contribution in [3.05, 3.63) is 113 Å². The minimum absolute atomic E-state index is 0.234. The summed E-state index contributed by atoms with van der Waals surface area (Å²) < 4.78 is 38.3. The molecule has 9 nitrogen and oxygen atoms in total. The molecule has 226 valence electrons. The van der Waals surface area contributed by atoms with Gasteiger partial charge in [0.25, 0.3) is 0 Å². The number of carboxylic acids is 1. The van der Waals surface area contributed by atoms with E-state index in [9.17, 15) is 18.3 Å². The van der Waals surface area contributed by atoms with E-state index in [1.54, 1.807) is 42.5 Å². The van der Waals surface area contributed by atoms with E-state index in [4.69, 9.17) is 14.6 Å². The third-order valence-electron chi connectivity index (χ3n) is 6.70. The zero-order valence-corrected chi connectivity index (χ0v) is 24.9. The maximum absolute atomic E-state index is 12.0. The first-order valence-electron chi connectivity index (χ1n) is 13.9. The van der Waals surface area contributed by atoms with Crippen LogP contribution in [0.15, 0.2) is 91.0 Å². The molecular formula is C33H36N2O7S. The standard InChI is InChI=1S/C33H36N2O7S/c1-3-24-19-27(25-9-11-26(12-10-25)33(37)38)13-15-31(24)41-18-17-34-21-30(36)28-14-16-32(29(20-28)35-43(2,39)40)42-22-23-7-5-4-6-8-23/h4-16,19-20,30,34-36H,3,17-18,21-22H2,1-2H3,(H,37,38). The molecule has 43 heavy (non-hydrogen) atoms. The highest BCUT2D eigenvalue weighted by atomic mass is 32.2. The van der Waals surface area contributed by atoms with Gasteiger partial charge in [-0.3, -0.25) is 4.72 Å². The average Bonchev–Trinajstić information content (AvgIpc) is 3.00. The van der Waals surface area contributed by atoms with Crippen molar-refractivity contribution >= 4 is 21.7 Å². The summed E-state index contributed by atoms with van der Waals surface area (Å²) in [5.74, 6) is 0.168. The molecule has 0 fully saturated rings. The summed E-state index contributed by atoms with van der Waals surface area (Å²) in [5.41, 5.74) is 4.90. The molecule has 0 amide bonds. The molecule has 0 saturated heterocycles. The third kappa shape index (κ3) is 9.31. The SMILES string of the molecule is CCc1cc(-c2ccc(C(=O)O)cc2)ccc1OCCNCC(O)c1ccc(OCc2ccccc2)c(NS(C)(=O)=O)c1. The second-order valence-corrected chi connectivity index (χ2v) is 11.8. The molecule has 4 N–H and O–H groups in total. The molecule has 0 aliphatic rings. The van der Waals surface area contributed by atoms with Gasteiger partial charge in [-0.05, 0) is 70.6 Å². The number of aliphatic hydroxyl groups excluding tert-OH is 1. The van der Waals surface area contributed by atoms with Crippen molar-refractivity contribution in [2.75, 3.05) is 30.7 Å². The first-order valence-corrected chi connectivity index (χ1v) is 15.8. The van der Waals surface area contributed by atoms with Gasteiger partial charge in [-0.25, -0.2) is 13.2 Å². The van der Waals surface area contributed by atoms with Crippen LogP contribution in [-0.4, -0.2) is 50.6 Å². The molecule has 1 unspecified atom stereocenters. The summed E-state index contributed by atoms with van der Waals surface area (Å²) in [5, 5.41) is 23.1. The van der Waals surface area contributed by atoms with Crippen LogP contribution in [0.3, 0.4) is 0 Å². The van der Waals surface area contributed by atoms with E-state index in [1.807, 2.05) is 55.5 Å².